The number of anilines is 1. The largest absolute Gasteiger partial charge is 0.491 e. The Hall–Kier alpha value is -1.26. The van der Waals surface area contributed by atoms with Gasteiger partial charge in [0.05, 0.1) is 6.10 Å². The predicted molar refractivity (Wildman–Crippen MR) is 80.3 cm³/mol. The van der Waals surface area contributed by atoms with Crippen molar-refractivity contribution < 1.29 is 9.47 Å². The van der Waals surface area contributed by atoms with Crippen LogP contribution in [0.3, 0.4) is 0 Å². The van der Waals surface area contributed by atoms with E-state index in [1.54, 1.807) is 0 Å². The van der Waals surface area contributed by atoms with E-state index in [-0.39, 0.29) is 6.10 Å². The van der Waals surface area contributed by atoms with Crippen molar-refractivity contribution in [3.8, 4) is 5.75 Å². The van der Waals surface area contributed by atoms with Crippen LogP contribution < -0.4 is 15.4 Å². The van der Waals surface area contributed by atoms with Gasteiger partial charge < -0.3 is 20.1 Å². The first-order valence-corrected chi connectivity index (χ1v) is 7.66. The highest BCUT2D eigenvalue weighted by molar-refractivity contribution is 5.49. The van der Waals surface area contributed by atoms with Crippen LogP contribution in [-0.2, 0) is 4.74 Å². The van der Waals surface area contributed by atoms with E-state index in [9.17, 15) is 0 Å². The number of hydrogen-bond donors (Lipinski definition) is 1. The third-order valence-corrected chi connectivity index (χ3v) is 4.12. The molecule has 2 aliphatic heterocycles. The molecule has 2 N–H and O–H groups in total. The van der Waals surface area contributed by atoms with Crippen LogP contribution in [0.4, 0.5) is 5.69 Å². The van der Waals surface area contributed by atoms with E-state index < -0.39 is 0 Å². The molecule has 0 bridgehead atoms. The Bertz CT molecular complexity index is 415. The number of nitrogens with two attached hydrogens (primary N) is 1. The highest BCUT2D eigenvalue weighted by Gasteiger charge is 2.18. The Balaban J connectivity index is 1.53. The Kier molecular flexibility index (Phi) is 4.43. The molecule has 0 radical (unpaired) electrons. The highest BCUT2D eigenvalue weighted by Crippen LogP contribution is 2.23. The number of ether oxygens (including phenoxy) is 2. The van der Waals surface area contributed by atoms with Gasteiger partial charge >= 0.3 is 0 Å². The average molecular weight is 276 g/mol. The average Bonchev–Trinajstić information content (AvgIpc) is 2.99. The molecule has 0 aliphatic carbocycles. The maximum Gasteiger partial charge on any atom is 0.119 e. The third-order valence-electron chi connectivity index (χ3n) is 4.12. The molecule has 2 atom stereocenters. The van der Waals surface area contributed by atoms with Crippen molar-refractivity contribution in [3.05, 3.63) is 24.3 Å². The van der Waals surface area contributed by atoms with Crippen molar-refractivity contribution in [2.75, 3.05) is 31.2 Å². The number of hydrogen-bond acceptors (Lipinski definition) is 4. The van der Waals surface area contributed by atoms with E-state index in [2.05, 4.69) is 17.0 Å². The molecule has 0 aromatic heterocycles. The van der Waals surface area contributed by atoms with Gasteiger partial charge in [-0.3, -0.25) is 0 Å². The van der Waals surface area contributed by atoms with Gasteiger partial charge in [0.2, 0.25) is 0 Å². The van der Waals surface area contributed by atoms with E-state index >= 15 is 0 Å². The zero-order chi connectivity index (χ0) is 13.8. The molecule has 1 aromatic carbocycles. The lowest BCUT2D eigenvalue weighted by Gasteiger charge is -2.32. The van der Waals surface area contributed by atoms with Crippen LogP contribution in [0.1, 0.15) is 25.7 Å². The molecule has 0 saturated carbocycles. The molecule has 0 spiro atoms. The molecule has 0 amide bonds. The SMILES string of the molecule is NC1CCCN(c2ccc(OCC3CCCO3)cc2)C1. The molecule has 2 aliphatic rings. The van der Waals surface area contributed by atoms with Gasteiger partial charge in [-0.05, 0) is 49.9 Å². The first-order valence-electron chi connectivity index (χ1n) is 7.66. The Morgan fingerprint density at radius 3 is 2.75 bits per heavy atom. The summed E-state index contributed by atoms with van der Waals surface area (Å²) in [5.74, 6) is 0.922. The number of nitrogens with zero attached hydrogens (tertiary/aromatic N) is 1. The van der Waals surface area contributed by atoms with Crippen LogP contribution in [0.25, 0.3) is 0 Å². The van der Waals surface area contributed by atoms with Crippen LogP contribution in [0.2, 0.25) is 0 Å². The third kappa shape index (κ3) is 3.44. The highest BCUT2D eigenvalue weighted by atomic mass is 16.5. The maximum absolute atomic E-state index is 6.03. The van der Waals surface area contributed by atoms with Gasteiger partial charge in [-0.25, -0.2) is 0 Å². The number of piperidine rings is 1. The summed E-state index contributed by atoms with van der Waals surface area (Å²) in [6, 6.07) is 8.65. The molecule has 2 heterocycles. The second-order valence-electron chi connectivity index (χ2n) is 5.79. The number of benzene rings is 1. The van der Waals surface area contributed by atoms with Crippen LogP contribution in [0, 0.1) is 0 Å². The van der Waals surface area contributed by atoms with Gasteiger partial charge in [-0.2, -0.15) is 0 Å². The van der Waals surface area contributed by atoms with Crippen molar-refractivity contribution in [1.82, 2.24) is 0 Å². The van der Waals surface area contributed by atoms with Crippen LogP contribution in [0.5, 0.6) is 5.75 Å². The fourth-order valence-corrected chi connectivity index (χ4v) is 2.96. The van der Waals surface area contributed by atoms with Crippen molar-refractivity contribution >= 4 is 5.69 Å². The predicted octanol–water partition coefficient (Wildman–Crippen LogP) is 2.17. The Morgan fingerprint density at radius 2 is 2.05 bits per heavy atom. The molecule has 1 aromatic rings. The minimum atomic E-state index is 0.273. The van der Waals surface area contributed by atoms with Crippen molar-refractivity contribution in [2.45, 2.75) is 37.8 Å². The summed E-state index contributed by atoms with van der Waals surface area (Å²) in [6.07, 6.45) is 4.86. The van der Waals surface area contributed by atoms with Gasteiger partial charge in [0.15, 0.2) is 0 Å². The molecule has 110 valence electrons. The summed E-state index contributed by atoms with van der Waals surface area (Å²) in [5, 5.41) is 0. The number of rotatable bonds is 4. The van der Waals surface area contributed by atoms with Crippen LogP contribution >= 0.6 is 0 Å². The second-order valence-corrected chi connectivity index (χ2v) is 5.79. The quantitative estimate of drug-likeness (QED) is 0.915. The molecule has 20 heavy (non-hydrogen) atoms. The summed E-state index contributed by atoms with van der Waals surface area (Å²) in [5.41, 5.74) is 7.27. The van der Waals surface area contributed by atoms with Gasteiger partial charge in [0, 0.05) is 31.4 Å². The molecular weight excluding hydrogens is 252 g/mol. The van der Waals surface area contributed by atoms with E-state index in [1.807, 2.05) is 12.1 Å². The Morgan fingerprint density at radius 1 is 1.20 bits per heavy atom. The standard InChI is InChI=1S/C16H24N2O2/c17-13-3-1-9-18(11-13)14-5-7-15(8-6-14)20-12-16-4-2-10-19-16/h5-8,13,16H,1-4,9-12,17H2. The van der Waals surface area contributed by atoms with Gasteiger partial charge in [0.25, 0.3) is 0 Å². The van der Waals surface area contributed by atoms with Gasteiger partial charge in [-0.1, -0.05) is 0 Å². The van der Waals surface area contributed by atoms with Gasteiger partial charge in [-0.15, -0.1) is 0 Å². The molecule has 2 fully saturated rings. The first-order chi connectivity index (χ1) is 9.81. The van der Waals surface area contributed by atoms with E-state index in [4.69, 9.17) is 15.2 Å². The maximum atomic E-state index is 6.03. The Labute approximate surface area is 120 Å². The molecule has 4 heteroatoms. The molecule has 2 unspecified atom stereocenters. The minimum Gasteiger partial charge on any atom is -0.491 e. The van der Waals surface area contributed by atoms with Crippen molar-refractivity contribution in [2.24, 2.45) is 5.73 Å². The summed E-state index contributed by atoms with van der Waals surface area (Å²) < 4.78 is 11.3. The molecule has 2 saturated heterocycles. The topological polar surface area (TPSA) is 47.7 Å². The first kappa shape index (κ1) is 13.7. The summed E-state index contributed by atoms with van der Waals surface area (Å²) in [6.45, 7) is 3.59. The van der Waals surface area contributed by atoms with Crippen LogP contribution in [0.15, 0.2) is 24.3 Å². The lowest BCUT2D eigenvalue weighted by Crippen LogP contribution is -2.42. The van der Waals surface area contributed by atoms with Crippen molar-refractivity contribution in [1.29, 1.82) is 0 Å². The fourth-order valence-electron chi connectivity index (χ4n) is 2.96. The zero-order valence-corrected chi connectivity index (χ0v) is 12.0. The lowest BCUT2D eigenvalue weighted by molar-refractivity contribution is 0.0679. The smallest absolute Gasteiger partial charge is 0.119 e. The fraction of sp³-hybridized carbons (Fsp3) is 0.625. The second kappa shape index (κ2) is 6.46. The van der Waals surface area contributed by atoms with E-state index in [0.29, 0.717) is 12.6 Å². The van der Waals surface area contributed by atoms with Gasteiger partial charge in [0.1, 0.15) is 12.4 Å². The van der Waals surface area contributed by atoms with E-state index in [1.165, 1.54) is 12.1 Å². The molecule has 3 rings (SSSR count). The van der Waals surface area contributed by atoms with Crippen LogP contribution in [-0.4, -0.2) is 38.4 Å². The van der Waals surface area contributed by atoms with E-state index in [0.717, 1.165) is 44.7 Å². The molecular formula is C16H24N2O2. The molecule has 4 nitrogen and oxygen atoms in total. The summed E-state index contributed by atoms with van der Waals surface area (Å²) in [4.78, 5) is 2.36. The summed E-state index contributed by atoms with van der Waals surface area (Å²) in [7, 11) is 0. The van der Waals surface area contributed by atoms with Crippen molar-refractivity contribution in [3.63, 3.8) is 0 Å². The lowest BCUT2D eigenvalue weighted by atomic mass is 10.1. The monoisotopic (exact) mass is 276 g/mol. The summed E-state index contributed by atoms with van der Waals surface area (Å²) >= 11 is 0. The zero-order valence-electron chi connectivity index (χ0n) is 12.0. The normalized spacial score (nSPS) is 26.8. The minimum absolute atomic E-state index is 0.273.